The van der Waals surface area contributed by atoms with Gasteiger partial charge in [0.2, 0.25) is 0 Å². The van der Waals surface area contributed by atoms with Gasteiger partial charge in [-0.3, -0.25) is 9.78 Å². The fourth-order valence-corrected chi connectivity index (χ4v) is 4.70. The summed E-state index contributed by atoms with van der Waals surface area (Å²) in [6.07, 6.45) is 7.48. The van der Waals surface area contributed by atoms with E-state index >= 15 is 0 Å². The second kappa shape index (κ2) is 8.51. The maximum absolute atomic E-state index is 13.3. The van der Waals surface area contributed by atoms with Gasteiger partial charge in [0.1, 0.15) is 11.2 Å². The molecular weight excluding hydrogens is 390 g/mol. The number of amides is 1. The second-order valence-corrected chi connectivity index (χ2v) is 8.26. The molecule has 1 aliphatic carbocycles. The van der Waals surface area contributed by atoms with E-state index in [4.69, 9.17) is 4.42 Å². The molecule has 31 heavy (non-hydrogen) atoms. The van der Waals surface area contributed by atoms with Crippen LogP contribution in [0.3, 0.4) is 0 Å². The Labute approximate surface area is 180 Å². The van der Waals surface area contributed by atoms with Crippen LogP contribution in [0.1, 0.15) is 48.7 Å². The quantitative estimate of drug-likeness (QED) is 0.489. The Hall–Kier alpha value is -3.19. The molecule has 1 fully saturated rings. The zero-order valence-corrected chi connectivity index (χ0v) is 17.7. The van der Waals surface area contributed by atoms with E-state index in [9.17, 15) is 4.79 Å². The van der Waals surface area contributed by atoms with E-state index in [0.717, 1.165) is 54.4 Å². The van der Waals surface area contributed by atoms with Gasteiger partial charge in [-0.25, -0.2) is 4.98 Å². The molecule has 0 spiro atoms. The molecule has 1 unspecified atom stereocenters. The summed E-state index contributed by atoms with van der Waals surface area (Å²) in [4.78, 5) is 27.1. The average molecular weight is 418 g/mol. The maximum atomic E-state index is 13.3. The first kappa shape index (κ1) is 19.8. The number of oxazole rings is 1. The number of aromatic nitrogens is 3. The molecule has 0 bridgehead atoms. The predicted molar refractivity (Wildman–Crippen MR) is 120 cm³/mol. The molecule has 1 aliphatic rings. The van der Waals surface area contributed by atoms with Crippen LogP contribution in [0.4, 0.5) is 0 Å². The van der Waals surface area contributed by atoms with Gasteiger partial charge >= 0.3 is 0 Å². The smallest absolute Gasteiger partial charge is 0.270 e. The van der Waals surface area contributed by atoms with Crippen molar-refractivity contribution in [2.45, 2.75) is 51.2 Å². The molecule has 1 amide bonds. The van der Waals surface area contributed by atoms with Gasteiger partial charge in [-0.2, -0.15) is 0 Å². The number of H-pyrrole nitrogens is 1. The van der Waals surface area contributed by atoms with Crippen molar-refractivity contribution in [1.82, 2.24) is 25.2 Å². The van der Waals surface area contributed by atoms with Crippen molar-refractivity contribution >= 4 is 28.0 Å². The standard InChI is InChI=1S/C24H27N5O2/c1-2-29(24(30)22-13-20-19(28-22)7-4-10-25-20)18-6-3-5-17(12-18)26-14-16-8-9-23-21(11-16)27-15-31-23/h4,7-11,13,15,17-18,26,28H,2-3,5-6,12,14H2,1H3/t17-,18?/m1/s1. The number of carbonyl (C=O) groups excluding carboxylic acids is 1. The Bertz CT molecular complexity index is 1160. The number of hydrogen-bond donors (Lipinski definition) is 2. The maximum Gasteiger partial charge on any atom is 0.270 e. The molecule has 7 heteroatoms. The highest BCUT2D eigenvalue weighted by molar-refractivity contribution is 5.97. The van der Waals surface area contributed by atoms with Crippen molar-refractivity contribution in [3.05, 3.63) is 60.2 Å². The molecule has 0 radical (unpaired) electrons. The van der Waals surface area contributed by atoms with E-state index in [1.54, 1.807) is 6.20 Å². The average Bonchev–Trinajstić information content (AvgIpc) is 3.45. The lowest BCUT2D eigenvalue weighted by Crippen LogP contribution is -2.46. The van der Waals surface area contributed by atoms with Gasteiger partial charge in [0.05, 0.1) is 11.0 Å². The molecule has 1 aromatic carbocycles. The Morgan fingerprint density at radius 1 is 1.23 bits per heavy atom. The van der Waals surface area contributed by atoms with Gasteiger partial charge in [0, 0.05) is 31.4 Å². The molecule has 0 saturated heterocycles. The van der Waals surface area contributed by atoms with Crippen LogP contribution in [0.5, 0.6) is 0 Å². The minimum absolute atomic E-state index is 0.0580. The largest absolute Gasteiger partial charge is 0.443 e. The van der Waals surface area contributed by atoms with Crippen LogP contribution in [0.25, 0.3) is 22.1 Å². The van der Waals surface area contributed by atoms with Gasteiger partial charge in [-0.05, 0) is 68.5 Å². The molecule has 5 rings (SSSR count). The minimum atomic E-state index is 0.0580. The number of hydrogen-bond acceptors (Lipinski definition) is 5. The third kappa shape index (κ3) is 4.05. The number of nitrogens with zero attached hydrogens (tertiary/aromatic N) is 3. The summed E-state index contributed by atoms with van der Waals surface area (Å²) in [7, 11) is 0. The summed E-state index contributed by atoms with van der Waals surface area (Å²) in [5.41, 5.74) is 5.23. The van der Waals surface area contributed by atoms with Gasteiger partial charge < -0.3 is 19.6 Å². The van der Waals surface area contributed by atoms with Crippen molar-refractivity contribution in [1.29, 1.82) is 0 Å². The van der Waals surface area contributed by atoms with Gasteiger partial charge in [-0.1, -0.05) is 6.07 Å². The number of aromatic amines is 1. The zero-order valence-electron chi connectivity index (χ0n) is 17.7. The highest BCUT2D eigenvalue weighted by Crippen LogP contribution is 2.26. The van der Waals surface area contributed by atoms with Crippen molar-refractivity contribution in [2.24, 2.45) is 0 Å². The van der Waals surface area contributed by atoms with Crippen molar-refractivity contribution in [3.8, 4) is 0 Å². The zero-order chi connectivity index (χ0) is 21.2. The molecule has 0 aliphatic heterocycles. The number of carbonyl (C=O) groups is 1. The molecule has 2 atom stereocenters. The first-order valence-corrected chi connectivity index (χ1v) is 11.0. The van der Waals surface area contributed by atoms with Crippen LogP contribution >= 0.6 is 0 Å². The monoisotopic (exact) mass is 417 g/mol. The summed E-state index contributed by atoms with van der Waals surface area (Å²) >= 11 is 0. The van der Waals surface area contributed by atoms with E-state index in [0.29, 0.717) is 18.3 Å². The summed E-state index contributed by atoms with van der Waals surface area (Å²) in [6.45, 7) is 3.54. The lowest BCUT2D eigenvalue weighted by Gasteiger charge is -2.37. The highest BCUT2D eigenvalue weighted by Gasteiger charge is 2.30. The van der Waals surface area contributed by atoms with Crippen LogP contribution in [-0.4, -0.2) is 44.4 Å². The topological polar surface area (TPSA) is 87.0 Å². The van der Waals surface area contributed by atoms with E-state index < -0.39 is 0 Å². The predicted octanol–water partition coefficient (Wildman–Crippen LogP) is 4.27. The molecular formula is C24H27N5O2. The molecule has 1 saturated carbocycles. The number of nitrogens with one attached hydrogen (secondary N) is 2. The Morgan fingerprint density at radius 2 is 2.16 bits per heavy atom. The molecule has 4 aromatic rings. The number of rotatable bonds is 6. The van der Waals surface area contributed by atoms with Crippen molar-refractivity contribution in [3.63, 3.8) is 0 Å². The molecule has 3 heterocycles. The number of fused-ring (bicyclic) bond motifs is 2. The van der Waals surface area contributed by atoms with E-state index in [2.05, 4.69) is 39.3 Å². The number of pyridine rings is 1. The minimum Gasteiger partial charge on any atom is -0.443 e. The molecule has 7 nitrogen and oxygen atoms in total. The summed E-state index contributed by atoms with van der Waals surface area (Å²) in [5, 5.41) is 3.69. The third-order valence-electron chi connectivity index (χ3n) is 6.30. The van der Waals surface area contributed by atoms with Gasteiger partial charge in [-0.15, -0.1) is 0 Å². The van der Waals surface area contributed by atoms with Crippen LogP contribution < -0.4 is 5.32 Å². The van der Waals surface area contributed by atoms with Crippen LogP contribution in [0.2, 0.25) is 0 Å². The van der Waals surface area contributed by atoms with Crippen molar-refractivity contribution < 1.29 is 9.21 Å². The van der Waals surface area contributed by atoms with Crippen molar-refractivity contribution in [2.75, 3.05) is 6.54 Å². The fraction of sp³-hybridized carbons (Fsp3) is 0.375. The van der Waals surface area contributed by atoms with Crippen LogP contribution in [0, 0.1) is 0 Å². The Balaban J connectivity index is 1.25. The van der Waals surface area contributed by atoms with Gasteiger partial charge in [0.25, 0.3) is 5.91 Å². The van der Waals surface area contributed by atoms with E-state index in [1.165, 1.54) is 12.0 Å². The normalized spacial score (nSPS) is 19.1. The lowest BCUT2D eigenvalue weighted by atomic mass is 9.89. The Kier molecular flexibility index (Phi) is 5.42. The second-order valence-electron chi connectivity index (χ2n) is 8.26. The Morgan fingerprint density at radius 3 is 3.03 bits per heavy atom. The first-order valence-electron chi connectivity index (χ1n) is 11.0. The summed E-state index contributed by atoms with van der Waals surface area (Å²) in [5.74, 6) is 0.0580. The highest BCUT2D eigenvalue weighted by atomic mass is 16.3. The fourth-order valence-electron chi connectivity index (χ4n) is 4.70. The molecule has 3 aromatic heterocycles. The summed E-state index contributed by atoms with van der Waals surface area (Å²) < 4.78 is 5.32. The number of benzene rings is 1. The third-order valence-corrected chi connectivity index (χ3v) is 6.30. The van der Waals surface area contributed by atoms with E-state index in [1.807, 2.05) is 29.2 Å². The first-order chi connectivity index (χ1) is 15.2. The molecule has 160 valence electrons. The van der Waals surface area contributed by atoms with E-state index in [-0.39, 0.29) is 11.9 Å². The lowest BCUT2D eigenvalue weighted by molar-refractivity contribution is 0.0623. The van der Waals surface area contributed by atoms with Gasteiger partial charge in [0.15, 0.2) is 12.0 Å². The van der Waals surface area contributed by atoms with Crippen LogP contribution in [-0.2, 0) is 6.54 Å². The summed E-state index contributed by atoms with van der Waals surface area (Å²) in [6, 6.07) is 12.4. The van der Waals surface area contributed by atoms with Crippen LogP contribution in [0.15, 0.2) is 53.4 Å². The SMILES string of the molecule is CCN(C(=O)c1cc2ncccc2[nH]1)C1CCC[C@@H](NCc2ccc3ocnc3c2)C1. The molecule has 2 N–H and O–H groups in total.